The molecule has 4 rings (SSSR count). The number of carbonyl (C=O) groups is 1. The summed E-state index contributed by atoms with van der Waals surface area (Å²) in [7, 11) is 0. The smallest absolute Gasteiger partial charge is 0.264 e. The molecule has 1 fully saturated rings. The number of nitrogens with one attached hydrogen (secondary N) is 1. The van der Waals surface area contributed by atoms with Gasteiger partial charge in [-0.25, -0.2) is 9.37 Å². The van der Waals surface area contributed by atoms with Gasteiger partial charge < -0.3 is 10.2 Å². The Labute approximate surface area is 159 Å². The van der Waals surface area contributed by atoms with Crippen molar-refractivity contribution >= 4 is 27.5 Å². The van der Waals surface area contributed by atoms with Crippen molar-refractivity contribution in [2.24, 2.45) is 0 Å². The van der Waals surface area contributed by atoms with Crippen molar-refractivity contribution in [3.63, 3.8) is 0 Å². The van der Waals surface area contributed by atoms with Gasteiger partial charge in [0.15, 0.2) is 0 Å². The number of piperazine rings is 1. The summed E-state index contributed by atoms with van der Waals surface area (Å²) in [5.41, 5.74) is 0.820. The fourth-order valence-electron chi connectivity index (χ4n) is 3.30. The van der Waals surface area contributed by atoms with Crippen molar-refractivity contribution in [3.05, 3.63) is 62.8 Å². The summed E-state index contributed by atoms with van der Waals surface area (Å²) in [5, 5.41) is 3.66. The number of aryl methyl sites for hydroxylation is 1. The molecule has 0 bridgehead atoms. The average molecular weight is 386 g/mol. The van der Waals surface area contributed by atoms with Crippen LogP contribution >= 0.6 is 11.3 Å². The molecule has 0 saturated carbocycles. The maximum atomic E-state index is 13.9. The van der Waals surface area contributed by atoms with E-state index < -0.39 is 0 Å². The first-order valence-electron chi connectivity index (χ1n) is 8.78. The fraction of sp³-hybridized carbons (Fsp3) is 0.316. The van der Waals surface area contributed by atoms with E-state index in [4.69, 9.17) is 0 Å². The Morgan fingerprint density at radius 2 is 2.04 bits per heavy atom. The van der Waals surface area contributed by atoms with Crippen molar-refractivity contribution in [2.45, 2.75) is 13.5 Å². The molecule has 3 heterocycles. The summed E-state index contributed by atoms with van der Waals surface area (Å²) in [6, 6.07) is 6.35. The topological polar surface area (TPSA) is 67.2 Å². The lowest BCUT2D eigenvalue weighted by Gasteiger charge is -2.27. The first-order chi connectivity index (χ1) is 13.1. The number of carbonyl (C=O) groups excluding carboxylic acids is 1. The van der Waals surface area contributed by atoms with Crippen molar-refractivity contribution in [1.29, 1.82) is 0 Å². The molecule has 1 N–H and O–H groups in total. The molecular formula is C19H19FN4O2S. The number of hydrogen-bond donors (Lipinski definition) is 1. The molecule has 1 aliphatic heterocycles. The van der Waals surface area contributed by atoms with Gasteiger partial charge in [-0.3, -0.25) is 14.2 Å². The Balaban J connectivity index is 1.73. The molecule has 140 valence electrons. The minimum atomic E-state index is -0.360. The van der Waals surface area contributed by atoms with Crippen LogP contribution in [0.25, 0.3) is 10.2 Å². The van der Waals surface area contributed by atoms with Gasteiger partial charge in [0.1, 0.15) is 10.6 Å². The van der Waals surface area contributed by atoms with E-state index in [1.165, 1.54) is 28.3 Å². The zero-order valence-electron chi connectivity index (χ0n) is 14.9. The summed E-state index contributed by atoms with van der Waals surface area (Å²) in [5.74, 6) is -0.418. The lowest BCUT2D eigenvalue weighted by atomic mass is 10.2. The summed E-state index contributed by atoms with van der Waals surface area (Å²) >= 11 is 1.25. The molecule has 2 aromatic heterocycles. The SMILES string of the molecule is Cc1c(C(=O)N2CCNCC2)sc2ncn(Cc3ccccc3F)c(=O)c12. The molecule has 1 saturated heterocycles. The Kier molecular flexibility index (Phi) is 4.75. The van der Waals surface area contributed by atoms with E-state index in [1.807, 2.05) is 0 Å². The second kappa shape index (κ2) is 7.21. The highest BCUT2D eigenvalue weighted by atomic mass is 32.1. The minimum absolute atomic E-state index is 0.0583. The molecule has 0 radical (unpaired) electrons. The van der Waals surface area contributed by atoms with E-state index in [9.17, 15) is 14.0 Å². The summed E-state index contributed by atoms with van der Waals surface area (Å²) in [6.45, 7) is 4.72. The molecule has 3 aromatic rings. The molecule has 0 spiro atoms. The summed E-state index contributed by atoms with van der Waals surface area (Å²) in [4.78, 5) is 33.0. The highest BCUT2D eigenvalue weighted by Gasteiger charge is 2.24. The van der Waals surface area contributed by atoms with Crippen LogP contribution in [0.5, 0.6) is 0 Å². The maximum Gasteiger partial charge on any atom is 0.264 e. The van der Waals surface area contributed by atoms with Gasteiger partial charge in [-0.2, -0.15) is 0 Å². The first kappa shape index (κ1) is 17.8. The quantitative estimate of drug-likeness (QED) is 0.748. The zero-order chi connectivity index (χ0) is 19.0. The fourth-order valence-corrected chi connectivity index (χ4v) is 4.40. The van der Waals surface area contributed by atoms with Crippen LogP contribution < -0.4 is 10.9 Å². The molecule has 0 aliphatic carbocycles. The number of fused-ring (bicyclic) bond motifs is 1. The second-order valence-electron chi connectivity index (χ2n) is 6.55. The number of rotatable bonds is 3. The predicted molar refractivity (Wildman–Crippen MR) is 103 cm³/mol. The lowest BCUT2D eigenvalue weighted by molar-refractivity contribution is 0.0740. The average Bonchev–Trinajstić information content (AvgIpc) is 3.03. The van der Waals surface area contributed by atoms with Crippen molar-refractivity contribution in [3.8, 4) is 0 Å². The highest BCUT2D eigenvalue weighted by Crippen LogP contribution is 2.28. The number of hydrogen-bond acceptors (Lipinski definition) is 5. The Morgan fingerprint density at radius 1 is 1.30 bits per heavy atom. The van der Waals surface area contributed by atoms with Gasteiger partial charge in [0.2, 0.25) is 0 Å². The maximum absolute atomic E-state index is 13.9. The highest BCUT2D eigenvalue weighted by molar-refractivity contribution is 7.20. The molecule has 1 aromatic carbocycles. The van der Waals surface area contributed by atoms with Crippen molar-refractivity contribution in [1.82, 2.24) is 19.8 Å². The van der Waals surface area contributed by atoms with Gasteiger partial charge in [-0.15, -0.1) is 11.3 Å². The summed E-state index contributed by atoms with van der Waals surface area (Å²) < 4.78 is 15.3. The number of nitrogens with zero attached hydrogens (tertiary/aromatic N) is 3. The predicted octanol–water partition coefficient (Wildman–Crippen LogP) is 2.00. The number of aromatic nitrogens is 2. The van der Waals surface area contributed by atoms with Crippen molar-refractivity contribution < 1.29 is 9.18 Å². The largest absolute Gasteiger partial charge is 0.335 e. The minimum Gasteiger partial charge on any atom is -0.335 e. The molecule has 0 unspecified atom stereocenters. The van der Waals surface area contributed by atoms with Crippen LogP contribution in [0.2, 0.25) is 0 Å². The number of halogens is 1. The first-order valence-corrected chi connectivity index (χ1v) is 9.60. The third-order valence-corrected chi connectivity index (χ3v) is 6.00. The molecule has 8 heteroatoms. The second-order valence-corrected chi connectivity index (χ2v) is 7.55. The third kappa shape index (κ3) is 3.26. The normalized spacial score (nSPS) is 14.7. The monoisotopic (exact) mass is 386 g/mol. The number of thiophene rings is 1. The number of amides is 1. The van der Waals surface area contributed by atoms with E-state index >= 15 is 0 Å². The van der Waals surface area contributed by atoms with Gasteiger partial charge in [0.25, 0.3) is 11.5 Å². The molecule has 1 amide bonds. The van der Waals surface area contributed by atoms with Crippen LogP contribution in [0.1, 0.15) is 20.8 Å². The van der Waals surface area contributed by atoms with Gasteiger partial charge >= 0.3 is 0 Å². The molecule has 1 aliphatic rings. The van der Waals surface area contributed by atoms with E-state index in [0.717, 1.165) is 13.1 Å². The Bertz CT molecular complexity index is 1070. The zero-order valence-corrected chi connectivity index (χ0v) is 15.7. The van der Waals surface area contributed by atoms with Gasteiger partial charge in [0.05, 0.1) is 23.1 Å². The van der Waals surface area contributed by atoms with E-state index in [-0.39, 0.29) is 23.8 Å². The van der Waals surface area contributed by atoms with Gasteiger partial charge in [-0.1, -0.05) is 18.2 Å². The Morgan fingerprint density at radius 3 is 2.78 bits per heavy atom. The van der Waals surface area contributed by atoms with E-state index in [2.05, 4.69) is 10.3 Å². The van der Waals surface area contributed by atoms with Gasteiger partial charge in [-0.05, 0) is 18.6 Å². The lowest BCUT2D eigenvalue weighted by Crippen LogP contribution is -2.46. The van der Waals surface area contributed by atoms with Crippen LogP contribution in [0.4, 0.5) is 4.39 Å². The van der Waals surface area contributed by atoms with E-state index in [1.54, 1.807) is 30.0 Å². The van der Waals surface area contributed by atoms with E-state index in [0.29, 0.717) is 39.3 Å². The molecule has 0 atom stereocenters. The number of benzene rings is 1. The molecule has 6 nitrogen and oxygen atoms in total. The van der Waals surface area contributed by atoms with Gasteiger partial charge in [0, 0.05) is 31.7 Å². The van der Waals surface area contributed by atoms with Crippen LogP contribution in [-0.2, 0) is 6.54 Å². The molecule has 27 heavy (non-hydrogen) atoms. The van der Waals surface area contributed by atoms with Crippen LogP contribution in [0, 0.1) is 12.7 Å². The standard InChI is InChI=1S/C19H19FN4O2S/c1-12-15-17(27-16(12)19(26)23-8-6-21-7-9-23)22-11-24(18(15)25)10-13-4-2-3-5-14(13)20/h2-5,11,21H,6-10H2,1H3. The Hall–Kier alpha value is -2.58. The van der Waals surface area contributed by atoms with Crippen LogP contribution in [0.3, 0.4) is 0 Å². The van der Waals surface area contributed by atoms with Crippen LogP contribution in [-0.4, -0.2) is 46.5 Å². The third-order valence-electron chi connectivity index (χ3n) is 4.81. The summed E-state index contributed by atoms with van der Waals surface area (Å²) in [6.07, 6.45) is 1.42. The van der Waals surface area contributed by atoms with Crippen molar-refractivity contribution in [2.75, 3.05) is 26.2 Å². The van der Waals surface area contributed by atoms with Crippen LogP contribution in [0.15, 0.2) is 35.4 Å². The molecular weight excluding hydrogens is 367 g/mol.